The van der Waals surface area contributed by atoms with Crippen molar-refractivity contribution >= 4 is 23.0 Å². The first-order valence-electron chi connectivity index (χ1n) is 11.3. The van der Waals surface area contributed by atoms with Crippen molar-refractivity contribution in [2.75, 3.05) is 13.7 Å². The molecular weight excluding hydrogens is 464 g/mol. The number of hydrazone groups is 1. The number of rotatable bonds is 8. The van der Waals surface area contributed by atoms with Gasteiger partial charge in [-0.3, -0.25) is 4.79 Å². The van der Waals surface area contributed by atoms with E-state index in [0.717, 1.165) is 27.5 Å². The summed E-state index contributed by atoms with van der Waals surface area (Å²) in [6.07, 6.45) is 1.32. The number of aryl methyl sites for hydroxylation is 1. The van der Waals surface area contributed by atoms with Gasteiger partial charge in [0.2, 0.25) is 11.8 Å². The molecule has 0 saturated heterocycles. The molecule has 0 N–H and O–H groups in total. The highest BCUT2D eigenvalue weighted by atomic mass is 32.1. The molecule has 0 spiro atoms. The predicted octanol–water partition coefficient (Wildman–Crippen LogP) is 5.13. The molecule has 35 heavy (non-hydrogen) atoms. The fourth-order valence-corrected chi connectivity index (χ4v) is 4.56. The number of thiophene rings is 1. The van der Waals surface area contributed by atoms with Gasteiger partial charge in [0.15, 0.2) is 6.61 Å². The van der Waals surface area contributed by atoms with E-state index in [1.165, 1.54) is 5.01 Å². The van der Waals surface area contributed by atoms with Gasteiger partial charge in [-0.05, 0) is 53.4 Å². The number of amides is 1. The third kappa shape index (κ3) is 4.95. The van der Waals surface area contributed by atoms with E-state index in [9.17, 15) is 4.79 Å². The van der Waals surface area contributed by atoms with Crippen LogP contribution >= 0.6 is 11.3 Å². The summed E-state index contributed by atoms with van der Waals surface area (Å²) in [5.74, 6) is 2.16. The topological polar surface area (TPSA) is 90.1 Å². The van der Waals surface area contributed by atoms with Crippen LogP contribution in [-0.2, 0) is 11.2 Å². The molecule has 1 atom stereocenters. The Kier molecular flexibility index (Phi) is 6.58. The number of carbonyl (C=O) groups is 1. The van der Waals surface area contributed by atoms with Crippen LogP contribution < -0.4 is 9.47 Å². The molecule has 9 heteroatoms. The Morgan fingerprint density at radius 1 is 1.09 bits per heavy atom. The zero-order valence-corrected chi connectivity index (χ0v) is 20.2. The van der Waals surface area contributed by atoms with Crippen molar-refractivity contribution in [2.24, 2.45) is 5.10 Å². The van der Waals surface area contributed by atoms with Gasteiger partial charge in [0, 0.05) is 18.4 Å². The number of nitrogens with zero attached hydrogens (tertiary/aromatic N) is 4. The van der Waals surface area contributed by atoms with Crippen LogP contribution in [-0.4, -0.2) is 40.5 Å². The molecule has 1 aliphatic rings. The minimum atomic E-state index is -0.217. The van der Waals surface area contributed by atoms with Gasteiger partial charge < -0.3 is 13.9 Å². The fraction of sp³-hybridized carbons (Fsp3) is 0.231. The number of aromatic nitrogens is 2. The number of hydrogen-bond acceptors (Lipinski definition) is 8. The van der Waals surface area contributed by atoms with Crippen LogP contribution in [0.5, 0.6) is 11.5 Å². The van der Waals surface area contributed by atoms with Crippen LogP contribution in [0.2, 0.25) is 0 Å². The van der Waals surface area contributed by atoms with Crippen LogP contribution in [0.4, 0.5) is 0 Å². The molecule has 2 aromatic carbocycles. The Balaban J connectivity index is 1.30. The third-order valence-electron chi connectivity index (χ3n) is 5.70. The molecule has 178 valence electrons. The summed E-state index contributed by atoms with van der Waals surface area (Å²) >= 11 is 1.61. The molecule has 1 amide bonds. The van der Waals surface area contributed by atoms with Crippen molar-refractivity contribution in [3.63, 3.8) is 0 Å². The molecule has 2 aromatic heterocycles. The van der Waals surface area contributed by atoms with Gasteiger partial charge in [-0.2, -0.15) is 5.10 Å². The second-order valence-electron chi connectivity index (χ2n) is 7.92. The first kappa shape index (κ1) is 22.8. The summed E-state index contributed by atoms with van der Waals surface area (Å²) in [6.45, 7) is 1.83. The van der Waals surface area contributed by atoms with E-state index in [-0.39, 0.29) is 18.6 Å². The Labute approximate surface area is 206 Å². The maximum absolute atomic E-state index is 13.2. The largest absolute Gasteiger partial charge is 0.497 e. The molecule has 1 unspecified atom stereocenters. The smallest absolute Gasteiger partial charge is 0.281 e. The van der Waals surface area contributed by atoms with Crippen LogP contribution in [0, 0.1) is 0 Å². The average Bonchev–Trinajstić information content (AvgIpc) is 3.68. The van der Waals surface area contributed by atoms with Crippen molar-refractivity contribution in [1.29, 1.82) is 0 Å². The van der Waals surface area contributed by atoms with Crippen LogP contribution in [0.25, 0.3) is 11.5 Å². The normalized spacial score (nSPS) is 15.2. The van der Waals surface area contributed by atoms with Gasteiger partial charge in [-0.1, -0.05) is 25.1 Å². The first-order chi connectivity index (χ1) is 17.1. The van der Waals surface area contributed by atoms with Crippen LogP contribution in [0.15, 0.2) is 75.6 Å². The van der Waals surface area contributed by atoms with E-state index in [0.29, 0.717) is 30.4 Å². The van der Waals surface area contributed by atoms with Crippen molar-refractivity contribution in [3.05, 3.63) is 82.4 Å². The third-order valence-corrected chi connectivity index (χ3v) is 6.62. The van der Waals surface area contributed by atoms with E-state index in [2.05, 4.69) is 15.3 Å². The average molecular weight is 489 g/mol. The molecular formula is C26H24N4O4S. The molecule has 1 aliphatic heterocycles. The molecule has 3 heterocycles. The zero-order chi connectivity index (χ0) is 24.2. The van der Waals surface area contributed by atoms with Gasteiger partial charge in [0.25, 0.3) is 5.91 Å². The maximum atomic E-state index is 13.2. The monoisotopic (exact) mass is 488 g/mol. The van der Waals surface area contributed by atoms with Gasteiger partial charge in [-0.15, -0.1) is 21.5 Å². The fourth-order valence-electron chi connectivity index (χ4n) is 3.84. The summed E-state index contributed by atoms with van der Waals surface area (Å²) < 4.78 is 16.7. The van der Waals surface area contributed by atoms with Crippen molar-refractivity contribution in [3.8, 4) is 23.0 Å². The maximum Gasteiger partial charge on any atom is 0.281 e. The molecule has 0 fully saturated rings. The van der Waals surface area contributed by atoms with E-state index in [1.807, 2.05) is 60.8 Å². The number of methoxy groups -OCH3 is 1. The second-order valence-corrected chi connectivity index (χ2v) is 8.87. The Morgan fingerprint density at radius 3 is 2.51 bits per heavy atom. The van der Waals surface area contributed by atoms with Gasteiger partial charge in [-0.25, -0.2) is 5.01 Å². The second kappa shape index (κ2) is 10.1. The van der Waals surface area contributed by atoms with Crippen LogP contribution in [0.1, 0.15) is 35.7 Å². The Bertz CT molecular complexity index is 1310. The van der Waals surface area contributed by atoms with Gasteiger partial charge in [0.1, 0.15) is 11.5 Å². The van der Waals surface area contributed by atoms with E-state index < -0.39 is 0 Å². The zero-order valence-electron chi connectivity index (χ0n) is 19.4. The summed E-state index contributed by atoms with van der Waals surface area (Å²) in [7, 11) is 1.63. The van der Waals surface area contributed by atoms with Gasteiger partial charge >= 0.3 is 0 Å². The lowest BCUT2D eigenvalue weighted by molar-refractivity contribution is -0.135. The molecule has 5 rings (SSSR count). The molecule has 0 radical (unpaired) electrons. The Hall–Kier alpha value is -3.98. The highest BCUT2D eigenvalue weighted by molar-refractivity contribution is 7.12. The number of benzene rings is 2. The minimum absolute atomic E-state index is 0.131. The lowest BCUT2D eigenvalue weighted by atomic mass is 10.0. The van der Waals surface area contributed by atoms with Gasteiger partial charge in [0.05, 0.1) is 23.7 Å². The van der Waals surface area contributed by atoms with Crippen LogP contribution in [0.3, 0.4) is 0 Å². The van der Waals surface area contributed by atoms with Crippen molar-refractivity contribution < 1.29 is 18.7 Å². The Morgan fingerprint density at radius 2 is 1.86 bits per heavy atom. The number of ether oxygens (including phenoxy) is 2. The highest BCUT2D eigenvalue weighted by Gasteiger charge is 2.33. The van der Waals surface area contributed by atoms with E-state index in [1.54, 1.807) is 30.6 Å². The first-order valence-corrected chi connectivity index (χ1v) is 12.2. The quantitative estimate of drug-likeness (QED) is 0.342. The summed E-state index contributed by atoms with van der Waals surface area (Å²) in [4.78, 5) is 14.3. The lowest BCUT2D eigenvalue weighted by Gasteiger charge is -2.22. The predicted molar refractivity (Wildman–Crippen MR) is 133 cm³/mol. The summed E-state index contributed by atoms with van der Waals surface area (Å²) in [6, 6.07) is 18.8. The molecule has 0 aliphatic carbocycles. The minimum Gasteiger partial charge on any atom is -0.497 e. The lowest BCUT2D eigenvalue weighted by Crippen LogP contribution is -2.31. The van der Waals surface area contributed by atoms with Crippen molar-refractivity contribution in [2.45, 2.75) is 25.8 Å². The standard InChI is InChI=1S/C26H24N4O4S/c1-3-24-27-28-26(34-24)18-8-12-20(13-9-18)33-16-25(31)30-22(17-6-10-19(32-2)11-7-17)15-21(29-30)23-5-4-14-35-23/h4-14,22H,3,15-16H2,1-2H3. The molecule has 0 saturated carbocycles. The molecule has 8 nitrogen and oxygen atoms in total. The van der Waals surface area contributed by atoms with E-state index in [4.69, 9.17) is 13.9 Å². The van der Waals surface area contributed by atoms with E-state index >= 15 is 0 Å². The SMILES string of the molecule is CCc1nnc(-c2ccc(OCC(=O)N3N=C(c4cccs4)CC3c3ccc(OC)cc3)cc2)o1. The number of hydrogen-bond donors (Lipinski definition) is 0. The molecule has 4 aromatic rings. The molecule has 0 bridgehead atoms. The summed E-state index contributed by atoms with van der Waals surface area (Å²) in [5.41, 5.74) is 2.68. The number of carbonyl (C=O) groups excluding carboxylic acids is 1. The summed E-state index contributed by atoms with van der Waals surface area (Å²) in [5, 5.41) is 16.3. The van der Waals surface area contributed by atoms with Crippen molar-refractivity contribution in [1.82, 2.24) is 15.2 Å². The highest BCUT2D eigenvalue weighted by Crippen LogP contribution is 2.34.